The van der Waals surface area contributed by atoms with Gasteiger partial charge in [-0.3, -0.25) is 0 Å². The number of rotatable bonds is 6. The van der Waals surface area contributed by atoms with Gasteiger partial charge in [-0.15, -0.1) is 0 Å². The molecule has 67 heavy (non-hydrogen) atoms. The van der Waals surface area contributed by atoms with E-state index in [0.29, 0.717) is 0 Å². The number of benzene rings is 11. The second-order valence-corrected chi connectivity index (χ2v) is 17.9. The van der Waals surface area contributed by atoms with Gasteiger partial charge < -0.3 is 9.47 Å². The zero-order chi connectivity index (χ0) is 44.1. The van der Waals surface area contributed by atoms with Crippen molar-refractivity contribution in [2.75, 3.05) is 4.90 Å². The van der Waals surface area contributed by atoms with E-state index >= 15 is 0 Å². The molecule has 0 bridgehead atoms. The van der Waals surface area contributed by atoms with Crippen molar-refractivity contribution in [1.29, 1.82) is 0 Å². The Kier molecular flexibility index (Phi) is 8.23. The lowest BCUT2D eigenvalue weighted by Crippen LogP contribution is -2.33. The molecule has 2 nitrogen and oxygen atoms in total. The molecule has 0 amide bonds. The first-order valence-corrected chi connectivity index (χ1v) is 23.3. The molecule has 1 aromatic heterocycles. The van der Waals surface area contributed by atoms with Crippen molar-refractivity contribution in [3.8, 4) is 50.2 Å². The van der Waals surface area contributed by atoms with E-state index in [1.54, 1.807) is 0 Å². The van der Waals surface area contributed by atoms with Crippen LogP contribution in [0.3, 0.4) is 0 Å². The maximum absolute atomic E-state index is 2.52. The van der Waals surface area contributed by atoms with Crippen molar-refractivity contribution in [3.63, 3.8) is 0 Å². The SMILES string of the molecule is c1ccc(-c2ccccc2-c2ccccc2N(c2ccc(-c3cccc4ccccc34)cc2)c2ccc3c(c2)C2(c4ccccc4-3)c3ccccc3-n3c4ccccc4c4cccc2c43)cc1. The smallest absolute Gasteiger partial charge is 0.0755 e. The van der Waals surface area contributed by atoms with Gasteiger partial charge in [0.2, 0.25) is 0 Å². The molecule has 0 radical (unpaired) electrons. The van der Waals surface area contributed by atoms with E-state index in [-0.39, 0.29) is 0 Å². The first-order chi connectivity index (χ1) is 33.3. The minimum absolute atomic E-state index is 0.578. The monoisotopic (exact) mass is 850 g/mol. The van der Waals surface area contributed by atoms with Crippen molar-refractivity contribution in [1.82, 2.24) is 4.57 Å². The van der Waals surface area contributed by atoms with Crippen LogP contribution in [0.2, 0.25) is 0 Å². The summed E-state index contributed by atoms with van der Waals surface area (Å²) in [6, 6.07) is 94.5. The van der Waals surface area contributed by atoms with Gasteiger partial charge in [-0.1, -0.05) is 212 Å². The summed E-state index contributed by atoms with van der Waals surface area (Å²) < 4.78 is 2.52. The van der Waals surface area contributed by atoms with E-state index in [1.165, 1.54) is 99.5 Å². The average molecular weight is 851 g/mol. The fourth-order valence-electron chi connectivity index (χ4n) is 11.9. The third-order valence-corrected chi connectivity index (χ3v) is 14.6. The largest absolute Gasteiger partial charge is 0.310 e. The predicted molar refractivity (Wildman–Crippen MR) is 280 cm³/mol. The van der Waals surface area contributed by atoms with Crippen LogP contribution in [0.1, 0.15) is 22.3 Å². The van der Waals surface area contributed by atoms with Gasteiger partial charge in [0.05, 0.1) is 27.8 Å². The molecule has 0 N–H and O–H groups in total. The Morgan fingerprint density at radius 2 is 0.881 bits per heavy atom. The van der Waals surface area contributed by atoms with E-state index in [9.17, 15) is 0 Å². The molecule has 0 saturated heterocycles. The number of hydrogen-bond donors (Lipinski definition) is 0. The Labute approximate surface area is 389 Å². The lowest BCUT2D eigenvalue weighted by atomic mass is 9.65. The van der Waals surface area contributed by atoms with Crippen LogP contribution >= 0.6 is 0 Å². The maximum Gasteiger partial charge on any atom is 0.0755 e. The average Bonchev–Trinajstić information content (AvgIpc) is 3.89. The molecule has 0 saturated carbocycles. The van der Waals surface area contributed by atoms with Gasteiger partial charge in [0.25, 0.3) is 0 Å². The number of para-hydroxylation sites is 4. The highest BCUT2D eigenvalue weighted by Crippen LogP contribution is 2.62. The highest BCUT2D eigenvalue weighted by molar-refractivity contribution is 6.13. The van der Waals surface area contributed by atoms with Gasteiger partial charge in [0.15, 0.2) is 0 Å². The van der Waals surface area contributed by atoms with Gasteiger partial charge >= 0.3 is 0 Å². The number of nitrogens with zero attached hydrogens (tertiary/aromatic N) is 2. The minimum atomic E-state index is -0.578. The zero-order valence-electron chi connectivity index (χ0n) is 36.6. The molecule has 2 heterocycles. The quantitative estimate of drug-likeness (QED) is 0.162. The Hall–Kier alpha value is -8.72. The molecular formula is C65H42N2. The number of anilines is 3. The second-order valence-electron chi connectivity index (χ2n) is 17.9. The van der Waals surface area contributed by atoms with Crippen LogP contribution < -0.4 is 4.90 Å². The minimum Gasteiger partial charge on any atom is -0.310 e. The topological polar surface area (TPSA) is 8.17 Å². The number of aromatic nitrogens is 1. The van der Waals surface area contributed by atoms with Crippen LogP contribution in [0, 0.1) is 0 Å². The molecule has 1 aliphatic carbocycles. The summed E-state index contributed by atoms with van der Waals surface area (Å²) >= 11 is 0. The van der Waals surface area contributed by atoms with Crippen LogP contribution in [0.15, 0.2) is 255 Å². The first-order valence-electron chi connectivity index (χ1n) is 23.3. The Bertz CT molecular complexity index is 3930. The van der Waals surface area contributed by atoms with E-state index in [1.807, 2.05) is 0 Å². The zero-order valence-corrected chi connectivity index (χ0v) is 36.6. The van der Waals surface area contributed by atoms with Gasteiger partial charge in [-0.25, -0.2) is 0 Å². The lowest BCUT2D eigenvalue weighted by Gasteiger charge is -2.40. The third-order valence-electron chi connectivity index (χ3n) is 14.6. The Morgan fingerprint density at radius 3 is 1.75 bits per heavy atom. The first kappa shape index (κ1) is 37.6. The van der Waals surface area contributed by atoms with Crippen LogP contribution in [-0.4, -0.2) is 4.57 Å². The predicted octanol–water partition coefficient (Wildman–Crippen LogP) is 17.1. The molecule has 1 spiro atoms. The molecule has 2 heteroatoms. The second kappa shape index (κ2) is 14.7. The Balaban J connectivity index is 1.04. The van der Waals surface area contributed by atoms with Crippen molar-refractivity contribution >= 4 is 49.6 Å². The molecule has 1 unspecified atom stereocenters. The molecule has 1 atom stereocenters. The highest BCUT2D eigenvalue weighted by Gasteiger charge is 2.51. The molecule has 2 aliphatic rings. The summed E-state index contributed by atoms with van der Waals surface area (Å²) in [5.41, 5.74) is 21.4. The maximum atomic E-state index is 2.52. The summed E-state index contributed by atoms with van der Waals surface area (Å²) in [7, 11) is 0. The molecule has 11 aromatic carbocycles. The summed E-state index contributed by atoms with van der Waals surface area (Å²) in [6.07, 6.45) is 0. The summed E-state index contributed by atoms with van der Waals surface area (Å²) in [4.78, 5) is 2.49. The summed E-state index contributed by atoms with van der Waals surface area (Å²) in [5.74, 6) is 0. The van der Waals surface area contributed by atoms with Crippen LogP contribution in [0.5, 0.6) is 0 Å². The molecule has 0 fully saturated rings. The fourth-order valence-corrected chi connectivity index (χ4v) is 11.9. The van der Waals surface area contributed by atoms with Gasteiger partial charge in [-0.05, 0) is 114 Å². The van der Waals surface area contributed by atoms with Gasteiger partial charge in [0, 0.05) is 27.7 Å². The number of hydrogen-bond acceptors (Lipinski definition) is 1. The van der Waals surface area contributed by atoms with Crippen LogP contribution in [-0.2, 0) is 5.41 Å². The van der Waals surface area contributed by atoms with E-state index in [0.717, 1.165) is 22.6 Å². The van der Waals surface area contributed by atoms with Crippen molar-refractivity contribution in [2.45, 2.75) is 5.41 Å². The van der Waals surface area contributed by atoms with E-state index < -0.39 is 5.41 Å². The molecule has 14 rings (SSSR count). The van der Waals surface area contributed by atoms with Crippen molar-refractivity contribution in [3.05, 3.63) is 277 Å². The molecular weight excluding hydrogens is 809 g/mol. The Morgan fingerprint density at radius 1 is 0.313 bits per heavy atom. The van der Waals surface area contributed by atoms with Crippen molar-refractivity contribution < 1.29 is 0 Å². The fraction of sp³-hybridized carbons (Fsp3) is 0.0154. The number of fused-ring (bicyclic) bond motifs is 13. The lowest BCUT2D eigenvalue weighted by molar-refractivity contribution is 0.748. The summed E-state index contributed by atoms with van der Waals surface area (Å²) in [5, 5.41) is 5.05. The van der Waals surface area contributed by atoms with E-state index in [2.05, 4.69) is 264 Å². The summed E-state index contributed by atoms with van der Waals surface area (Å²) in [6.45, 7) is 0. The highest BCUT2D eigenvalue weighted by atomic mass is 15.1. The van der Waals surface area contributed by atoms with Crippen molar-refractivity contribution in [2.24, 2.45) is 0 Å². The van der Waals surface area contributed by atoms with Crippen LogP contribution in [0.4, 0.5) is 17.1 Å². The van der Waals surface area contributed by atoms with E-state index in [4.69, 9.17) is 0 Å². The van der Waals surface area contributed by atoms with Gasteiger partial charge in [-0.2, -0.15) is 0 Å². The van der Waals surface area contributed by atoms with Crippen LogP contribution in [0.25, 0.3) is 82.8 Å². The molecule has 1 aliphatic heterocycles. The standard InChI is InChI=1S/C65H42N2/c1-2-18-43(19-3-1)50-23-6-7-24-51(50)54-26-9-13-33-61(54)66(46-38-36-45(37-39-46)49-28-16-21-44-20-4-5-22-48(44)49)47-40-41-53-52-25-8-11-30-57(52)65(60(53)42-47)58-31-12-15-35-63(58)67-62-34-14-10-27-55(62)56-29-17-32-59(65)64(56)67/h1-42H. The third kappa shape index (κ3) is 5.39. The normalized spacial score (nSPS) is 14.3. The molecule has 12 aromatic rings. The van der Waals surface area contributed by atoms with Gasteiger partial charge in [0.1, 0.15) is 0 Å². The molecule has 312 valence electrons.